The van der Waals surface area contributed by atoms with Gasteiger partial charge in [-0.3, -0.25) is 0 Å². The lowest BCUT2D eigenvalue weighted by atomic mass is 10.6. The molecule has 1 heterocycles. The third kappa shape index (κ3) is 2.25. The van der Waals surface area contributed by atoms with Gasteiger partial charge in [0.25, 0.3) is 0 Å². The highest BCUT2D eigenvalue weighted by Gasteiger charge is 2.05. The van der Waals surface area contributed by atoms with Crippen molar-refractivity contribution in [3.63, 3.8) is 0 Å². The van der Waals surface area contributed by atoms with Crippen LogP contribution in [0.4, 0.5) is 5.82 Å². The van der Waals surface area contributed by atoms with Crippen LogP contribution in [0.2, 0.25) is 5.02 Å². The van der Waals surface area contributed by atoms with E-state index < -0.39 is 0 Å². The Morgan fingerprint density at radius 2 is 2.33 bits per heavy atom. The maximum Gasteiger partial charge on any atom is 0.146 e. The van der Waals surface area contributed by atoms with Gasteiger partial charge in [0, 0.05) is 0 Å². The molecule has 0 radical (unpaired) electrons. The maximum atomic E-state index is 5.86. The van der Waals surface area contributed by atoms with Gasteiger partial charge in [-0.2, -0.15) is 0 Å². The summed E-state index contributed by atoms with van der Waals surface area (Å²) in [5.41, 5.74) is 5.50. The number of halogens is 1. The van der Waals surface area contributed by atoms with E-state index in [1.807, 2.05) is 0 Å². The third-order valence-electron chi connectivity index (χ3n) is 1.23. The largest absolute Gasteiger partial charge is 0.382 e. The lowest BCUT2D eigenvalue weighted by Gasteiger charge is -2.02. The van der Waals surface area contributed by atoms with Gasteiger partial charge in [0.2, 0.25) is 0 Å². The summed E-state index contributed by atoms with van der Waals surface area (Å²) in [4.78, 5) is 7.79. The Morgan fingerprint density at radius 1 is 1.58 bits per heavy atom. The Bertz CT molecular complexity index is 267. The van der Waals surface area contributed by atoms with E-state index in [-0.39, 0.29) is 0 Å². The molecule has 2 N–H and O–H groups in total. The Balaban J connectivity index is 2.78. The molecule has 0 spiro atoms. The first-order valence-corrected chi connectivity index (χ1v) is 5.00. The van der Waals surface area contributed by atoms with Gasteiger partial charge in [0.15, 0.2) is 0 Å². The van der Waals surface area contributed by atoms with Crippen LogP contribution < -0.4 is 5.73 Å². The van der Waals surface area contributed by atoms with Crippen molar-refractivity contribution < 1.29 is 0 Å². The number of rotatable bonds is 3. The molecule has 0 saturated heterocycles. The van der Waals surface area contributed by atoms with Crippen LogP contribution >= 0.6 is 23.4 Å². The molecule has 5 heteroatoms. The summed E-state index contributed by atoms with van der Waals surface area (Å²) >= 11 is 7.46. The molecule has 3 nitrogen and oxygen atoms in total. The molecule has 1 rings (SSSR count). The highest BCUT2D eigenvalue weighted by molar-refractivity contribution is 7.99. The number of hydrogen-bond donors (Lipinski definition) is 1. The van der Waals surface area contributed by atoms with Gasteiger partial charge in [-0.1, -0.05) is 18.5 Å². The Labute approximate surface area is 80.7 Å². The van der Waals surface area contributed by atoms with Crippen LogP contribution in [-0.2, 0) is 0 Å². The monoisotopic (exact) mass is 203 g/mol. The fraction of sp³-hybridized carbons (Fsp3) is 0.429. The number of aromatic nitrogens is 2. The number of nitrogens with zero attached hydrogens (tertiary/aromatic N) is 2. The average molecular weight is 204 g/mol. The van der Waals surface area contributed by atoms with Crippen molar-refractivity contribution in [1.29, 1.82) is 0 Å². The molecule has 12 heavy (non-hydrogen) atoms. The van der Waals surface area contributed by atoms with E-state index in [1.54, 1.807) is 11.8 Å². The number of anilines is 1. The minimum absolute atomic E-state index is 0.352. The van der Waals surface area contributed by atoms with E-state index in [9.17, 15) is 0 Å². The smallest absolute Gasteiger partial charge is 0.146 e. The number of hydrogen-bond acceptors (Lipinski definition) is 4. The van der Waals surface area contributed by atoms with Gasteiger partial charge in [0.1, 0.15) is 22.2 Å². The fourth-order valence-corrected chi connectivity index (χ4v) is 1.68. The summed E-state index contributed by atoms with van der Waals surface area (Å²) in [6.07, 6.45) is 2.52. The van der Waals surface area contributed by atoms with Crippen molar-refractivity contribution in [2.24, 2.45) is 0 Å². The van der Waals surface area contributed by atoms with E-state index in [0.29, 0.717) is 10.8 Å². The fourth-order valence-electron chi connectivity index (χ4n) is 0.666. The number of thioether (sulfide) groups is 1. The molecule has 0 bridgehead atoms. The summed E-state index contributed by atoms with van der Waals surface area (Å²) in [7, 11) is 0. The second kappa shape index (κ2) is 4.52. The Kier molecular flexibility index (Phi) is 3.62. The molecular formula is C7H10ClN3S. The van der Waals surface area contributed by atoms with Crippen molar-refractivity contribution in [3.05, 3.63) is 11.3 Å². The standard InChI is InChI=1S/C7H10ClN3S/c1-2-3-12-7-5(8)6(9)10-4-11-7/h4H,2-3H2,1H3,(H2,9,10,11). The molecule has 0 aliphatic rings. The van der Waals surface area contributed by atoms with Crippen LogP contribution in [0.5, 0.6) is 0 Å². The zero-order valence-corrected chi connectivity index (χ0v) is 8.32. The van der Waals surface area contributed by atoms with Gasteiger partial charge in [-0.15, -0.1) is 11.8 Å². The first-order valence-electron chi connectivity index (χ1n) is 3.64. The van der Waals surface area contributed by atoms with Crippen molar-refractivity contribution in [3.8, 4) is 0 Å². The Hall–Kier alpha value is -0.480. The zero-order valence-electron chi connectivity index (χ0n) is 6.75. The van der Waals surface area contributed by atoms with Crippen molar-refractivity contribution in [2.75, 3.05) is 11.5 Å². The molecule has 0 atom stereocenters. The van der Waals surface area contributed by atoms with E-state index >= 15 is 0 Å². The predicted molar refractivity (Wildman–Crippen MR) is 52.5 cm³/mol. The molecular weight excluding hydrogens is 194 g/mol. The van der Waals surface area contributed by atoms with Crippen molar-refractivity contribution in [1.82, 2.24) is 9.97 Å². The van der Waals surface area contributed by atoms with Gasteiger partial charge in [0.05, 0.1) is 0 Å². The normalized spacial score (nSPS) is 10.2. The lowest BCUT2D eigenvalue weighted by molar-refractivity contribution is 1.04. The lowest BCUT2D eigenvalue weighted by Crippen LogP contribution is -1.94. The van der Waals surface area contributed by atoms with E-state index in [2.05, 4.69) is 16.9 Å². The molecule has 0 saturated carbocycles. The highest BCUT2D eigenvalue weighted by atomic mass is 35.5. The molecule has 0 fully saturated rings. The Morgan fingerprint density at radius 3 is 3.00 bits per heavy atom. The summed E-state index contributed by atoms with van der Waals surface area (Å²) in [5.74, 6) is 1.35. The van der Waals surface area contributed by atoms with Crippen molar-refractivity contribution >= 4 is 29.2 Å². The quantitative estimate of drug-likeness (QED) is 0.605. The molecule has 0 aliphatic carbocycles. The van der Waals surface area contributed by atoms with Crippen LogP contribution in [0, 0.1) is 0 Å². The number of nitrogen functional groups attached to an aromatic ring is 1. The summed E-state index contributed by atoms with van der Waals surface area (Å²) in [6, 6.07) is 0. The SMILES string of the molecule is CCCSc1ncnc(N)c1Cl. The van der Waals surface area contributed by atoms with Gasteiger partial charge < -0.3 is 5.73 Å². The summed E-state index contributed by atoms with van der Waals surface area (Å²) in [5, 5.41) is 1.24. The summed E-state index contributed by atoms with van der Waals surface area (Å²) in [6.45, 7) is 2.10. The van der Waals surface area contributed by atoms with Crippen molar-refractivity contribution in [2.45, 2.75) is 18.4 Å². The van der Waals surface area contributed by atoms with Crippen LogP contribution in [0.1, 0.15) is 13.3 Å². The van der Waals surface area contributed by atoms with Gasteiger partial charge in [-0.05, 0) is 12.2 Å². The zero-order chi connectivity index (χ0) is 8.97. The highest BCUT2D eigenvalue weighted by Crippen LogP contribution is 2.27. The summed E-state index contributed by atoms with van der Waals surface area (Å²) < 4.78 is 0. The van der Waals surface area contributed by atoms with E-state index in [1.165, 1.54) is 6.33 Å². The molecule has 0 unspecified atom stereocenters. The van der Waals surface area contributed by atoms with E-state index in [4.69, 9.17) is 17.3 Å². The molecule has 0 aliphatic heterocycles. The predicted octanol–water partition coefficient (Wildman–Crippen LogP) is 2.21. The second-order valence-electron chi connectivity index (χ2n) is 2.23. The average Bonchev–Trinajstić information content (AvgIpc) is 2.08. The van der Waals surface area contributed by atoms with Crippen LogP contribution in [-0.4, -0.2) is 15.7 Å². The van der Waals surface area contributed by atoms with Gasteiger partial charge >= 0.3 is 0 Å². The molecule has 66 valence electrons. The maximum absolute atomic E-state index is 5.86. The van der Waals surface area contributed by atoms with E-state index in [0.717, 1.165) is 17.2 Å². The minimum atomic E-state index is 0.352. The second-order valence-corrected chi connectivity index (χ2v) is 3.69. The van der Waals surface area contributed by atoms with Gasteiger partial charge in [-0.25, -0.2) is 9.97 Å². The number of nitrogens with two attached hydrogens (primary N) is 1. The minimum Gasteiger partial charge on any atom is -0.382 e. The molecule has 0 aromatic carbocycles. The first kappa shape index (κ1) is 9.61. The van der Waals surface area contributed by atoms with Crippen LogP contribution in [0.25, 0.3) is 0 Å². The topological polar surface area (TPSA) is 51.8 Å². The molecule has 0 amide bonds. The van der Waals surface area contributed by atoms with Crippen LogP contribution in [0.15, 0.2) is 11.4 Å². The third-order valence-corrected chi connectivity index (χ3v) is 2.91. The first-order chi connectivity index (χ1) is 5.75. The molecule has 1 aromatic heterocycles. The molecule has 1 aromatic rings. The van der Waals surface area contributed by atoms with Crippen LogP contribution in [0.3, 0.4) is 0 Å².